The molecule has 0 unspecified atom stereocenters. The monoisotopic (exact) mass is 295 g/mol. The molecule has 0 aromatic heterocycles. The number of thioether (sulfide) groups is 1. The van der Waals surface area contributed by atoms with Crippen LogP contribution in [0, 0.1) is 11.6 Å². The van der Waals surface area contributed by atoms with Gasteiger partial charge in [0.05, 0.1) is 17.3 Å². The predicted octanol–water partition coefficient (Wildman–Crippen LogP) is 2.11. The molecule has 4 nitrogen and oxygen atoms in total. The second-order valence-corrected chi connectivity index (χ2v) is 6.47. The molecule has 1 aliphatic heterocycles. The summed E-state index contributed by atoms with van der Waals surface area (Å²) in [5.74, 6) is -1.63. The van der Waals surface area contributed by atoms with Gasteiger partial charge in [-0.15, -0.1) is 11.8 Å². The molecule has 1 aromatic carbocycles. The van der Waals surface area contributed by atoms with Crippen LogP contribution in [0.15, 0.2) is 17.0 Å². The van der Waals surface area contributed by atoms with E-state index in [2.05, 4.69) is 0 Å². The van der Waals surface area contributed by atoms with Crippen LogP contribution in [0.2, 0.25) is 0 Å². The lowest BCUT2D eigenvalue weighted by Crippen LogP contribution is -2.22. The zero-order chi connectivity index (χ0) is 13.3. The Morgan fingerprint density at radius 1 is 1.33 bits per heavy atom. The summed E-state index contributed by atoms with van der Waals surface area (Å²) in [6, 6.07) is 2.25. The molecule has 0 fully saturated rings. The van der Waals surface area contributed by atoms with Crippen molar-refractivity contribution in [1.82, 2.24) is 0 Å². The molecule has 18 heavy (non-hydrogen) atoms. The van der Waals surface area contributed by atoms with Crippen LogP contribution in [0.3, 0.4) is 0 Å². The van der Waals surface area contributed by atoms with Gasteiger partial charge < -0.3 is 4.90 Å². The van der Waals surface area contributed by atoms with Crippen LogP contribution < -0.4 is 4.90 Å². The Kier molecular flexibility index (Phi) is 3.79. The van der Waals surface area contributed by atoms with Crippen molar-refractivity contribution in [2.24, 2.45) is 0 Å². The highest BCUT2D eigenvalue weighted by Crippen LogP contribution is 2.39. The average molecular weight is 295 g/mol. The van der Waals surface area contributed by atoms with Crippen molar-refractivity contribution in [3.05, 3.63) is 23.8 Å². The Balaban J connectivity index is 2.05. The molecule has 0 saturated heterocycles. The Hall–Kier alpha value is -0.860. The molecule has 1 N–H and O–H groups in total. The third-order valence-corrected chi connectivity index (χ3v) is 4.43. The fraction of sp³-hybridized carbons (Fsp3) is 0.400. The molecule has 100 valence electrons. The number of anilines is 1. The van der Waals surface area contributed by atoms with Crippen molar-refractivity contribution < 1.29 is 21.8 Å². The maximum atomic E-state index is 13.1. The van der Waals surface area contributed by atoms with Crippen molar-refractivity contribution in [2.45, 2.75) is 11.3 Å². The first-order valence-corrected chi connectivity index (χ1v) is 7.78. The molecule has 0 atom stereocenters. The van der Waals surface area contributed by atoms with Crippen LogP contribution in [0.25, 0.3) is 0 Å². The molecule has 0 amide bonds. The summed E-state index contributed by atoms with van der Waals surface area (Å²) >= 11 is 1.36. The van der Waals surface area contributed by atoms with E-state index in [0.29, 0.717) is 23.0 Å². The molecule has 8 heteroatoms. The van der Waals surface area contributed by atoms with E-state index in [1.807, 2.05) is 0 Å². The molecule has 0 spiro atoms. The van der Waals surface area contributed by atoms with Gasteiger partial charge in [-0.3, -0.25) is 4.55 Å². The largest absolute Gasteiger partial charge is 0.361 e. The van der Waals surface area contributed by atoms with Gasteiger partial charge in [0.1, 0.15) is 0 Å². The minimum atomic E-state index is -3.98. The van der Waals surface area contributed by atoms with Gasteiger partial charge in [-0.1, -0.05) is 0 Å². The van der Waals surface area contributed by atoms with Gasteiger partial charge >= 0.3 is 0 Å². The number of halogens is 2. The minimum Gasteiger partial charge on any atom is -0.361 e. The number of hydrogen-bond acceptors (Lipinski definition) is 4. The average Bonchev–Trinajstić information content (AvgIpc) is 2.60. The van der Waals surface area contributed by atoms with E-state index in [1.54, 1.807) is 4.90 Å². The Morgan fingerprint density at radius 3 is 2.67 bits per heavy atom. The SMILES string of the molecule is O=S(=O)(O)CCCN1CSc2cc(F)c(F)cc21. The van der Waals surface area contributed by atoms with Crippen molar-refractivity contribution >= 4 is 27.6 Å². The van der Waals surface area contributed by atoms with Crippen LogP contribution in [0.4, 0.5) is 14.5 Å². The zero-order valence-corrected chi connectivity index (χ0v) is 10.9. The van der Waals surface area contributed by atoms with Crippen molar-refractivity contribution in [1.29, 1.82) is 0 Å². The van der Waals surface area contributed by atoms with Gasteiger partial charge in [0.25, 0.3) is 10.1 Å². The number of rotatable bonds is 4. The third-order valence-electron chi connectivity index (χ3n) is 2.55. The topological polar surface area (TPSA) is 57.6 Å². The summed E-state index contributed by atoms with van der Waals surface area (Å²) in [4.78, 5) is 2.40. The Labute approximate surface area is 108 Å². The van der Waals surface area contributed by atoms with E-state index >= 15 is 0 Å². The van der Waals surface area contributed by atoms with Gasteiger partial charge in [-0.05, 0) is 12.5 Å². The van der Waals surface area contributed by atoms with E-state index in [-0.39, 0.29) is 12.2 Å². The van der Waals surface area contributed by atoms with Crippen LogP contribution in [0.1, 0.15) is 6.42 Å². The van der Waals surface area contributed by atoms with Crippen molar-refractivity contribution in [3.8, 4) is 0 Å². The summed E-state index contributed by atoms with van der Waals surface area (Å²) in [5.41, 5.74) is 0.564. The summed E-state index contributed by atoms with van der Waals surface area (Å²) in [7, 11) is -3.98. The summed E-state index contributed by atoms with van der Waals surface area (Å²) in [6.07, 6.45) is 0.234. The first kappa shape index (κ1) is 13.6. The smallest absolute Gasteiger partial charge is 0.264 e. The normalized spacial score (nSPS) is 14.9. The van der Waals surface area contributed by atoms with Gasteiger partial charge in [-0.2, -0.15) is 8.42 Å². The Morgan fingerprint density at radius 2 is 2.00 bits per heavy atom. The van der Waals surface area contributed by atoms with Crippen molar-refractivity contribution in [2.75, 3.05) is 23.1 Å². The summed E-state index contributed by atoms with van der Waals surface area (Å²) < 4.78 is 55.9. The van der Waals surface area contributed by atoms with Gasteiger partial charge in [-0.25, -0.2) is 8.78 Å². The third kappa shape index (κ3) is 3.12. The molecule has 1 aliphatic rings. The highest BCUT2D eigenvalue weighted by molar-refractivity contribution is 7.99. The molecule has 2 rings (SSSR count). The van der Waals surface area contributed by atoms with Crippen LogP contribution >= 0.6 is 11.8 Å². The standard InChI is InChI=1S/C10H11F2NO3S2/c11-7-4-9-10(5-8(7)12)17-6-13(9)2-1-3-18(14,15)16/h4-5H,1-3,6H2,(H,14,15,16). The van der Waals surface area contributed by atoms with Gasteiger partial charge in [0.15, 0.2) is 11.6 Å². The lowest BCUT2D eigenvalue weighted by molar-refractivity contribution is 0.481. The zero-order valence-electron chi connectivity index (χ0n) is 9.27. The molecule has 1 heterocycles. The second-order valence-electron chi connectivity index (χ2n) is 3.91. The summed E-state index contributed by atoms with van der Waals surface area (Å²) in [6.45, 7) is 0.366. The van der Waals surface area contributed by atoms with E-state index in [0.717, 1.165) is 12.1 Å². The number of benzene rings is 1. The first-order valence-electron chi connectivity index (χ1n) is 5.19. The lowest BCUT2D eigenvalue weighted by Gasteiger charge is -2.17. The second kappa shape index (κ2) is 5.02. The highest BCUT2D eigenvalue weighted by Gasteiger charge is 2.22. The van der Waals surface area contributed by atoms with Gasteiger partial charge in [0.2, 0.25) is 0 Å². The molecular weight excluding hydrogens is 284 g/mol. The quantitative estimate of drug-likeness (QED) is 0.862. The first-order chi connectivity index (χ1) is 8.37. The van der Waals surface area contributed by atoms with E-state index in [1.165, 1.54) is 11.8 Å². The molecule has 0 bridgehead atoms. The fourth-order valence-electron chi connectivity index (χ4n) is 1.72. The Bertz CT molecular complexity index is 562. The molecular formula is C10H11F2NO3S2. The summed E-state index contributed by atoms with van der Waals surface area (Å²) in [5, 5.41) is 0. The van der Waals surface area contributed by atoms with Crippen molar-refractivity contribution in [3.63, 3.8) is 0 Å². The number of fused-ring (bicyclic) bond motifs is 1. The highest BCUT2D eigenvalue weighted by atomic mass is 32.2. The predicted molar refractivity (Wildman–Crippen MR) is 65.5 cm³/mol. The molecule has 0 radical (unpaired) electrons. The van der Waals surface area contributed by atoms with E-state index in [4.69, 9.17) is 4.55 Å². The minimum absolute atomic E-state index is 0.234. The van der Waals surface area contributed by atoms with E-state index in [9.17, 15) is 17.2 Å². The van der Waals surface area contributed by atoms with E-state index < -0.39 is 21.8 Å². The maximum absolute atomic E-state index is 13.1. The molecule has 0 saturated carbocycles. The molecule has 1 aromatic rings. The van der Waals surface area contributed by atoms with Crippen LogP contribution in [0.5, 0.6) is 0 Å². The van der Waals surface area contributed by atoms with Gasteiger partial charge in [0, 0.05) is 17.5 Å². The lowest BCUT2D eigenvalue weighted by atomic mass is 10.2. The maximum Gasteiger partial charge on any atom is 0.264 e. The molecule has 0 aliphatic carbocycles. The fourth-order valence-corrected chi connectivity index (χ4v) is 3.30. The van der Waals surface area contributed by atoms with Crippen LogP contribution in [-0.2, 0) is 10.1 Å². The number of nitrogens with zero attached hydrogens (tertiary/aromatic N) is 1. The van der Waals surface area contributed by atoms with Crippen LogP contribution in [-0.4, -0.2) is 31.1 Å². The number of hydrogen-bond donors (Lipinski definition) is 1.